The standard InChI is InChI=1S/C29H46O5/c1-17(2)7-6-8-18(3)21-9-10-22-24-23(12-13-27(21,22)5)28-14-11-20(34-19(4)30)15-29(28,32)26(31)25(24)33-16-28/h17-18,20-25,32H,6-16H2,1-5H3/t18-,20-,21-,22+,23+,24+,25-,27-,28+,29+/m1/s1. The van der Waals surface area contributed by atoms with Crippen LogP contribution in [-0.4, -0.2) is 41.3 Å². The monoisotopic (exact) mass is 474 g/mol. The van der Waals surface area contributed by atoms with Gasteiger partial charge in [0.2, 0.25) is 0 Å². The highest BCUT2D eigenvalue weighted by atomic mass is 16.5. The van der Waals surface area contributed by atoms with Crippen molar-refractivity contribution in [3.63, 3.8) is 0 Å². The third-order valence-corrected chi connectivity index (χ3v) is 11.4. The maximum absolute atomic E-state index is 13.8. The highest BCUT2D eigenvalue weighted by Crippen LogP contribution is 2.70. The Hall–Kier alpha value is -0.940. The van der Waals surface area contributed by atoms with Crippen molar-refractivity contribution in [3.05, 3.63) is 0 Å². The number of aliphatic hydroxyl groups is 1. The molecule has 6 aliphatic rings. The number of ether oxygens (including phenoxy) is 2. The molecule has 0 aromatic rings. The lowest BCUT2D eigenvalue weighted by molar-refractivity contribution is -0.296. The minimum absolute atomic E-state index is 0.116. The minimum atomic E-state index is -1.41. The Balaban J connectivity index is 1.38. The fourth-order valence-corrected chi connectivity index (χ4v) is 9.85. The molecule has 0 aromatic heterocycles. The molecule has 34 heavy (non-hydrogen) atoms. The summed E-state index contributed by atoms with van der Waals surface area (Å²) >= 11 is 0. The molecule has 1 spiro atoms. The predicted molar refractivity (Wildman–Crippen MR) is 130 cm³/mol. The van der Waals surface area contributed by atoms with Gasteiger partial charge in [-0.05, 0) is 79.4 Å². The van der Waals surface area contributed by atoms with Gasteiger partial charge in [-0.2, -0.15) is 0 Å². The Kier molecular flexibility index (Phi) is 6.24. The number of esters is 1. The smallest absolute Gasteiger partial charge is 0.302 e. The Labute approximate surface area is 205 Å². The number of carbonyl (C=O) groups excluding carboxylic acids is 2. The molecule has 0 amide bonds. The molecule has 2 saturated heterocycles. The number of fused-ring (bicyclic) bond motifs is 2. The van der Waals surface area contributed by atoms with E-state index in [-0.39, 0.29) is 35.6 Å². The summed E-state index contributed by atoms with van der Waals surface area (Å²) in [6.07, 6.45) is 9.46. The lowest BCUT2D eigenvalue weighted by atomic mass is 9.40. The van der Waals surface area contributed by atoms with Crippen molar-refractivity contribution in [2.75, 3.05) is 6.61 Å². The summed E-state index contributed by atoms with van der Waals surface area (Å²) in [6.45, 7) is 11.5. The molecule has 5 heteroatoms. The Morgan fingerprint density at radius 3 is 2.59 bits per heavy atom. The molecule has 6 rings (SSSR count). The molecule has 10 atom stereocenters. The molecular weight excluding hydrogens is 428 g/mol. The molecule has 6 fully saturated rings. The summed E-state index contributed by atoms with van der Waals surface area (Å²) in [5.74, 6) is 2.83. The van der Waals surface area contributed by atoms with Gasteiger partial charge in [0.15, 0.2) is 5.78 Å². The van der Waals surface area contributed by atoms with Crippen LogP contribution in [0.15, 0.2) is 0 Å². The van der Waals surface area contributed by atoms with Crippen molar-refractivity contribution < 1.29 is 24.2 Å². The van der Waals surface area contributed by atoms with Gasteiger partial charge in [-0.15, -0.1) is 0 Å². The summed E-state index contributed by atoms with van der Waals surface area (Å²) in [7, 11) is 0. The van der Waals surface area contributed by atoms with E-state index >= 15 is 0 Å². The summed E-state index contributed by atoms with van der Waals surface area (Å²) in [5.41, 5.74) is -1.66. The van der Waals surface area contributed by atoms with Crippen molar-refractivity contribution in [1.29, 1.82) is 0 Å². The second kappa shape index (κ2) is 8.57. The van der Waals surface area contributed by atoms with Crippen LogP contribution in [0.4, 0.5) is 0 Å². The number of hydrogen-bond donors (Lipinski definition) is 1. The van der Waals surface area contributed by atoms with Crippen LogP contribution in [0.5, 0.6) is 0 Å². The van der Waals surface area contributed by atoms with Crippen molar-refractivity contribution in [2.45, 2.75) is 117 Å². The molecule has 0 radical (unpaired) electrons. The van der Waals surface area contributed by atoms with E-state index in [1.165, 1.54) is 45.4 Å². The zero-order valence-corrected chi connectivity index (χ0v) is 22.0. The van der Waals surface area contributed by atoms with Crippen LogP contribution in [0.3, 0.4) is 0 Å². The van der Waals surface area contributed by atoms with Crippen LogP contribution < -0.4 is 0 Å². The van der Waals surface area contributed by atoms with Crippen LogP contribution in [0.1, 0.15) is 98.8 Å². The van der Waals surface area contributed by atoms with Gasteiger partial charge in [-0.3, -0.25) is 9.59 Å². The number of hydrogen-bond acceptors (Lipinski definition) is 5. The molecule has 0 unspecified atom stereocenters. The fraction of sp³-hybridized carbons (Fsp3) is 0.931. The van der Waals surface area contributed by atoms with E-state index in [1.54, 1.807) is 0 Å². The molecule has 4 aliphatic carbocycles. The van der Waals surface area contributed by atoms with Gasteiger partial charge in [0, 0.05) is 18.8 Å². The average Bonchev–Trinajstić information content (AvgIpc) is 3.12. The van der Waals surface area contributed by atoms with Crippen LogP contribution >= 0.6 is 0 Å². The molecule has 2 bridgehead atoms. The SMILES string of the molecule is CC(=O)O[C@@H]1CC[C@@]23CO[C@@H](C(=O)[C@@]2(O)C1)[C@H]1[C@@H]2CC[C@H]([C@H](C)CCCC(C)C)[C@@]2(C)CC[C@@H]13. The summed E-state index contributed by atoms with van der Waals surface area (Å²) in [4.78, 5) is 25.4. The van der Waals surface area contributed by atoms with Gasteiger partial charge in [0.1, 0.15) is 17.8 Å². The van der Waals surface area contributed by atoms with Crippen LogP contribution in [-0.2, 0) is 19.1 Å². The van der Waals surface area contributed by atoms with Crippen LogP contribution in [0.25, 0.3) is 0 Å². The molecule has 1 N–H and O–H groups in total. The normalized spacial score (nSPS) is 48.3. The topological polar surface area (TPSA) is 72.8 Å². The van der Waals surface area contributed by atoms with Crippen LogP contribution in [0.2, 0.25) is 0 Å². The predicted octanol–water partition coefficient (Wildman–Crippen LogP) is 5.32. The quantitative estimate of drug-likeness (QED) is 0.527. The zero-order valence-electron chi connectivity index (χ0n) is 22.0. The van der Waals surface area contributed by atoms with Crippen molar-refractivity contribution >= 4 is 11.8 Å². The van der Waals surface area contributed by atoms with E-state index in [0.29, 0.717) is 31.3 Å². The Morgan fingerprint density at radius 2 is 1.88 bits per heavy atom. The third kappa shape index (κ3) is 3.46. The molecule has 2 heterocycles. The fourth-order valence-electron chi connectivity index (χ4n) is 9.85. The number of carbonyl (C=O) groups is 2. The first-order valence-electron chi connectivity index (χ1n) is 14.1. The molecule has 0 aromatic carbocycles. The van der Waals surface area contributed by atoms with Crippen LogP contribution in [0, 0.1) is 46.3 Å². The number of ketones is 1. The largest absolute Gasteiger partial charge is 0.462 e. The van der Waals surface area contributed by atoms with Crippen molar-refractivity contribution in [3.8, 4) is 0 Å². The van der Waals surface area contributed by atoms with E-state index in [9.17, 15) is 14.7 Å². The highest BCUT2D eigenvalue weighted by molar-refractivity contribution is 5.94. The average molecular weight is 475 g/mol. The molecule has 5 nitrogen and oxygen atoms in total. The first kappa shape index (κ1) is 24.7. The van der Waals surface area contributed by atoms with Crippen molar-refractivity contribution in [2.24, 2.45) is 46.3 Å². The van der Waals surface area contributed by atoms with E-state index in [2.05, 4.69) is 27.7 Å². The van der Waals surface area contributed by atoms with Gasteiger partial charge in [0.05, 0.1) is 6.61 Å². The van der Waals surface area contributed by atoms with E-state index in [0.717, 1.165) is 24.2 Å². The molecule has 4 saturated carbocycles. The highest BCUT2D eigenvalue weighted by Gasteiger charge is 2.75. The molecular formula is C29H46O5. The number of Topliss-reactive ketones (excluding diaryl/α,β-unsaturated/α-hetero) is 1. The van der Waals surface area contributed by atoms with Gasteiger partial charge in [-0.25, -0.2) is 0 Å². The first-order chi connectivity index (χ1) is 16.0. The molecule has 192 valence electrons. The summed E-state index contributed by atoms with van der Waals surface area (Å²) in [6, 6.07) is 0. The van der Waals surface area contributed by atoms with E-state index in [1.807, 2.05) is 0 Å². The minimum Gasteiger partial charge on any atom is -0.462 e. The van der Waals surface area contributed by atoms with E-state index in [4.69, 9.17) is 9.47 Å². The van der Waals surface area contributed by atoms with E-state index < -0.39 is 17.1 Å². The maximum atomic E-state index is 13.8. The second-order valence-corrected chi connectivity index (χ2v) is 13.4. The van der Waals surface area contributed by atoms with Crippen molar-refractivity contribution in [1.82, 2.24) is 0 Å². The Bertz CT molecular complexity index is 823. The lowest BCUT2D eigenvalue weighted by Crippen LogP contribution is -2.78. The summed E-state index contributed by atoms with van der Waals surface area (Å²) in [5, 5.41) is 11.9. The Morgan fingerprint density at radius 1 is 1.12 bits per heavy atom. The lowest BCUT2D eigenvalue weighted by Gasteiger charge is -2.68. The van der Waals surface area contributed by atoms with Gasteiger partial charge < -0.3 is 14.6 Å². The zero-order chi connectivity index (χ0) is 24.5. The maximum Gasteiger partial charge on any atom is 0.302 e. The van der Waals surface area contributed by atoms with Gasteiger partial charge in [0.25, 0.3) is 0 Å². The third-order valence-electron chi connectivity index (χ3n) is 11.4. The van der Waals surface area contributed by atoms with Gasteiger partial charge in [-0.1, -0.05) is 47.0 Å². The first-order valence-corrected chi connectivity index (χ1v) is 14.1. The molecule has 2 aliphatic heterocycles. The number of rotatable bonds is 6. The van der Waals surface area contributed by atoms with Gasteiger partial charge >= 0.3 is 5.97 Å². The second-order valence-electron chi connectivity index (χ2n) is 13.4. The summed E-state index contributed by atoms with van der Waals surface area (Å²) < 4.78 is 11.8.